The van der Waals surface area contributed by atoms with E-state index in [1.165, 1.54) is 11.0 Å². The Hall–Kier alpha value is -1.83. The maximum absolute atomic E-state index is 12.3. The van der Waals surface area contributed by atoms with Crippen LogP contribution in [0, 0.1) is 0 Å². The van der Waals surface area contributed by atoms with Crippen LogP contribution in [0.25, 0.3) is 0 Å². The topological polar surface area (TPSA) is 162 Å². The van der Waals surface area contributed by atoms with Crippen molar-refractivity contribution >= 4 is 11.8 Å². The number of hydrogen-bond donors (Lipinski definition) is 5. The second-order valence-corrected chi connectivity index (χ2v) is 5.79. The summed E-state index contributed by atoms with van der Waals surface area (Å²) in [5.41, 5.74) is 0. The van der Waals surface area contributed by atoms with E-state index in [2.05, 4.69) is 10.6 Å². The fraction of sp³-hybridized carbons (Fsp3) is 0.769. The van der Waals surface area contributed by atoms with E-state index in [4.69, 9.17) is 19.1 Å². The minimum absolute atomic E-state index is 0.00783. The van der Waals surface area contributed by atoms with Gasteiger partial charge in [-0.2, -0.15) is 0 Å². The second-order valence-electron chi connectivity index (χ2n) is 5.79. The zero-order valence-corrected chi connectivity index (χ0v) is 13.3. The molecule has 5 N–H and O–H groups in total. The van der Waals surface area contributed by atoms with Crippen LogP contribution in [0.2, 0.25) is 0 Å². The van der Waals surface area contributed by atoms with Crippen molar-refractivity contribution in [2.24, 2.45) is 0 Å². The lowest BCUT2D eigenvalue weighted by Gasteiger charge is -2.38. The molecule has 0 unspecified atom stereocenters. The summed E-state index contributed by atoms with van der Waals surface area (Å²) in [6.07, 6.45) is -6.04. The summed E-state index contributed by atoms with van der Waals surface area (Å²) < 4.78 is 15.4. The smallest absolute Gasteiger partial charge is 0.305 e. The van der Waals surface area contributed by atoms with Gasteiger partial charge in [0.05, 0.1) is 37.7 Å². The highest BCUT2D eigenvalue weighted by atomic mass is 16.6. The lowest BCUT2D eigenvalue weighted by atomic mass is 9.95. The van der Waals surface area contributed by atoms with Crippen molar-refractivity contribution < 1.29 is 44.0 Å². The molecule has 2 aliphatic rings. The molecule has 0 aromatic carbocycles. The summed E-state index contributed by atoms with van der Waals surface area (Å²) >= 11 is 0. The van der Waals surface area contributed by atoms with E-state index in [9.17, 15) is 20.1 Å². The molecule has 12 heteroatoms. The van der Waals surface area contributed by atoms with E-state index in [1.807, 2.05) is 5.01 Å². The number of aliphatic hydroxyl groups is 4. The van der Waals surface area contributed by atoms with E-state index in [0.717, 1.165) is 0 Å². The first kappa shape index (κ1) is 18.0. The quantitative estimate of drug-likeness (QED) is 0.332. The average molecular weight is 361 g/mol. The Bertz CT molecular complexity index is 590. The molecule has 2 aliphatic heterocycles. The van der Waals surface area contributed by atoms with Crippen LogP contribution in [0.5, 0.6) is 0 Å². The number of carbonyl (C=O) groups is 1. The second kappa shape index (κ2) is 7.59. The normalized spacial score (nSPS) is 33.3. The molecule has 0 aliphatic carbocycles. The summed E-state index contributed by atoms with van der Waals surface area (Å²) in [5.74, 6) is -0.796. The molecule has 5 atom stereocenters. The Balaban J connectivity index is 1.64. The van der Waals surface area contributed by atoms with Crippen molar-refractivity contribution in [3.8, 4) is 0 Å². The first-order valence-electron chi connectivity index (χ1n) is 7.84. The van der Waals surface area contributed by atoms with Gasteiger partial charge < -0.3 is 29.9 Å². The van der Waals surface area contributed by atoms with Crippen LogP contribution in [0.4, 0.5) is 5.88 Å². The first-order chi connectivity index (χ1) is 12.0. The van der Waals surface area contributed by atoms with E-state index >= 15 is 0 Å². The van der Waals surface area contributed by atoms with Gasteiger partial charge in [-0.15, -0.1) is 5.01 Å². The molecule has 1 aromatic heterocycles. The third-order valence-corrected chi connectivity index (χ3v) is 4.13. The zero-order chi connectivity index (χ0) is 18.0. The number of aromatic nitrogens is 2. The molecule has 0 spiro atoms. The van der Waals surface area contributed by atoms with Crippen molar-refractivity contribution in [2.45, 2.75) is 30.5 Å². The lowest BCUT2D eigenvalue weighted by molar-refractivity contribution is -0.759. The van der Waals surface area contributed by atoms with Crippen molar-refractivity contribution in [3.05, 3.63) is 6.20 Å². The standard InChI is InChI=1S/C13H20N4O8/c18-6-7-9(19)10(20)11(21)12(24-7)13(22)14-8-5-17(15-25-8)16-1-3-23-4-2-16/h5,7,9-12,18-21H,1-4,6H2/p+1/t7-,9+,10+,11-,12+/m1/s1. The number of nitrogens with one attached hydrogen (secondary N) is 1. The summed E-state index contributed by atoms with van der Waals surface area (Å²) in [6.45, 7) is 1.70. The molecule has 140 valence electrons. The maximum Gasteiger partial charge on any atom is 0.305 e. The number of carbonyl (C=O) groups excluding carboxylic acids is 1. The third kappa shape index (κ3) is 3.73. The van der Waals surface area contributed by atoms with E-state index < -0.39 is 43.0 Å². The average Bonchev–Trinajstić information content (AvgIpc) is 3.09. The van der Waals surface area contributed by atoms with Crippen molar-refractivity contribution in [2.75, 3.05) is 43.2 Å². The van der Waals surface area contributed by atoms with Crippen LogP contribution in [0.1, 0.15) is 0 Å². The lowest BCUT2D eigenvalue weighted by Crippen LogP contribution is -2.62. The van der Waals surface area contributed by atoms with E-state index in [0.29, 0.717) is 26.3 Å². The monoisotopic (exact) mass is 361 g/mol. The summed E-state index contributed by atoms with van der Waals surface area (Å²) in [5, 5.41) is 46.5. The van der Waals surface area contributed by atoms with E-state index in [-0.39, 0.29) is 5.88 Å². The first-order valence-corrected chi connectivity index (χ1v) is 7.84. The molecule has 3 heterocycles. The Morgan fingerprint density at radius 3 is 2.68 bits per heavy atom. The van der Waals surface area contributed by atoms with Crippen LogP contribution < -0.4 is 15.1 Å². The van der Waals surface area contributed by atoms with Crippen LogP contribution in [-0.4, -0.2) is 95.0 Å². The van der Waals surface area contributed by atoms with Gasteiger partial charge in [-0.3, -0.25) is 14.6 Å². The van der Waals surface area contributed by atoms with Crippen LogP contribution in [0.3, 0.4) is 0 Å². The number of ether oxygens (including phenoxy) is 2. The van der Waals surface area contributed by atoms with Crippen molar-refractivity contribution in [1.82, 2.24) is 5.27 Å². The summed E-state index contributed by atoms with van der Waals surface area (Å²) in [7, 11) is 0. The number of amides is 1. The molecule has 0 saturated carbocycles. The molecule has 1 aromatic rings. The van der Waals surface area contributed by atoms with Gasteiger partial charge in [-0.25, -0.2) is 0 Å². The number of rotatable bonds is 4. The van der Waals surface area contributed by atoms with Crippen LogP contribution >= 0.6 is 0 Å². The van der Waals surface area contributed by atoms with E-state index in [1.54, 1.807) is 0 Å². The Morgan fingerprint density at radius 2 is 2.00 bits per heavy atom. The molecule has 12 nitrogen and oxygen atoms in total. The molecule has 1 amide bonds. The SMILES string of the molecule is O=C(Nc1c[n+](N2CCOCC2)no1)[C@H]1O[C@H](CO)[C@H](O)[C@H](O)[C@H]1O. The van der Waals surface area contributed by atoms with Gasteiger partial charge in [-0.05, 0) is 0 Å². The Morgan fingerprint density at radius 1 is 1.28 bits per heavy atom. The van der Waals surface area contributed by atoms with Gasteiger partial charge in [-0.1, -0.05) is 0 Å². The molecule has 2 saturated heterocycles. The van der Waals surface area contributed by atoms with Gasteiger partial charge in [0.2, 0.25) is 5.27 Å². The summed E-state index contributed by atoms with van der Waals surface area (Å²) in [4.78, 5) is 13.7. The third-order valence-electron chi connectivity index (χ3n) is 4.13. The predicted molar refractivity (Wildman–Crippen MR) is 77.9 cm³/mol. The van der Waals surface area contributed by atoms with Gasteiger partial charge >= 0.3 is 5.88 Å². The zero-order valence-electron chi connectivity index (χ0n) is 13.3. The fourth-order valence-corrected chi connectivity index (χ4v) is 2.70. The maximum atomic E-state index is 12.3. The highest BCUT2D eigenvalue weighted by Crippen LogP contribution is 2.22. The minimum Gasteiger partial charge on any atom is -0.394 e. The Kier molecular flexibility index (Phi) is 5.46. The largest absolute Gasteiger partial charge is 0.394 e. The summed E-state index contributed by atoms with van der Waals surface area (Å²) in [6, 6.07) is 0. The molecular weight excluding hydrogens is 340 g/mol. The molecule has 0 bridgehead atoms. The molecule has 25 heavy (non-hydrogen) atoms. The number of hydrogen-bond acceptors (Lipinski definition) is 10. The van der Waals surface area contributed by atoms with Crippen molar-refractivity contribution in [1.29, 1.82) is 0 Å². The number of nitrogens with zero attached hydrogens (tertiary/aromatic N) is 3. The highest BCUT2D eigenvalue weighted by Gasteiger charge is 2.46. The predicted octanol–water partition coefficient (Wildman–Crippen LogP) is -4.29. The van der Waals surface area contributed by atoms with Gasteiger partial charge in [0, 0.05) is 0 Å². The number of morpholine rings is 1. The molecular formula is C13H21N4O8+. The van der Waals surface area contributed by atoms with Gasteiger partial charge in [0.1, 0.15) is 24.4 Å². The molecule has 2 fully saturated rings. The number of aliphatic hydroxyl groups excluding tert-OH is 4. The van der Waals surface area contributed by atoms with Crippen LogP contribution in [0.15, 0.2) is 10.7 Å². The molecule has 0 radical (unpaired) electrons. The van der Waals surface area contributed by atoms with Gasteiger partial charge in [0.25, 0.3) is 12.1 Å². The van der Waals surface area contributed by atoms with Gasteiger partial charge in [0.15, 0.2) is 6.10 Å². The fourth-order valence-electron chi connectivity index (χ4n) is 2.70. The molecule has 3 rings (SSSR count). The minimum atomic E-state index is -1.66. The van der Waals surface area contributed by atoms with Crippen molar-refractivity contribution in [3.63, 3.8) is 0 Å². The number of anilines is 1. The Labute approximate surface area is 142 Å². The van der Waals surface area contributed by atoms with Crippen LogP contribution in [-0.2, 0) is 14.3 Å². The highest BCUT2D eigenvalue weighted by molar-refractivity contribution is 5.93.